The predicted octanol–water partition coefficient (Wildman–Crippen LogP) is 15.9. The minimum atomic E-state index is 0. The molecule has 4 nitrogen and oxygen atoms in total. The maximum absolute atomic E-state index is 4.11. The number of thioether (sulfide) groups is 2. The van der Waals surface area contributed by atoms with E-state index < -0.39 is 0 Å². The van der Waals surface area contributed by atoms with Gasteiger partial charge < -0.3 is 19.6 Å². The second-order valence-electron chi connectivity index (χ2n) is 17.2. The SMILES string of the molecule is CN1CCCCC1CCN1c2ccccc2Sc2ccc(SCc3ccccc3)cc21.CSc1ccc2c(c1)N(CCC1CCCCN1C)c1ccccc1S2.Cl.SCc1ccccc1. The number of fused-ring (bicyclic) bond motifs is 4. The van der Waals surface area contributed by atoms with Crippen molar-refractivity contribution in [2.75, 3.05) is 56.3 Å². The summed E-state index contributed by atoms with van der Waals surface area (Å²) in [6.45, 7) is 4.67. The van der Waals surface area contributed by atoms with Gasteiger partial charge in [-0.15, -0.1) is 35.9 Å². The zero-order chi connectivity index (χ0) is 44.1. The van der Waals surface area contributed by atoms with Crippen molar-refractivity contribution in [2.24, 2.45) is 0 Å². The molecule has 10 heteroatoms. The third-order valence-electron chi connectivity index (χ3n) is 12.9. The Morgan fingerprint density at radius 2 is 0.969 bits per heavy atom. The van der Waals surface area contributed by atoms with Gasteiger partial charge in [-0.3, -0.25) is 0 Å². The molecule has 0 bridgehead atoms. The van der Waals surface area contributed by atoms with Gasteiger partial charge in [0.1, 0.15) is 0 Å². The summed E-state index contributed by atoms with van der Waals surface area (Å²) in [4.78, 5) is 18.5. The van der Waals surface area contributed by atoms with Crippen LogP contribution in [0, 0.1) is 0 Å². The highest BCUT2D eigenvalue weighted by Gasteiger charge is 2.28. The molecule has 65 heavy (non-hydrogen) atoms. The fraction of sp³-hybridized carbons (Fsp3) is 0.345. The zero-order valence-electron chi connectivity index (χ0n) is 38.2. The van der Waals surface area contributed by atoms with Crippen LogP contribution < -0.4 is 9.80 Å². The van der Waals surface area contributed by atoms with Gasteiger partial charge in [0.15, 0.2) is 0 Å². The van der Waals surface area contributed by atoms with Crippen LogP contribution in [0.1, 0.15) is 62.5 Å². The molecule has 10 rings (SSSR count). The molecule has 0 N–H and O–H groups in total. The van der Waals surface area contributed by atoms with Crippen LogP contribution in [-0.4, -0.2) is 68.4 Å². The van der Waals surface area contributed by atoms with Gasteiger partial charge in [0.05, 0.1) is 22.7 Å². The lowest BCUT2D eigenvalue weighted by molar-refractivity contribution is 0.178. The number of hydrogen-bond donors (Lipinski definition) is 1. The van der Waals surface area contributed by atoms with E-state index in [1.807, 2.05) is 65.2 Å². The normalized spacial score (nSPS) is 17.7. The maximum Gasteiger partial charge on any atom is 0.0564 e. The van der Waals surface area contributed by atoms with Gasteiger partial charge in [-0.1, -0.05) is 121 Å². The number of thiol groups is 1. The van der Waals surface area contributed by atoms with Crippen LogP contribution in [-0.2, 0) is 11.5 Å². The van der Waals surface area contributed by atoms with E-state index in [1.165, 1.54) is 128 Å². The molecule has 0 aliphatic carbocycles. The van der Waals surface area contributed by atoms with E-state index in [-0.39, 0.29) is 12.4 Å². The second kappa shape index (κ2) is 25.3. The Morgan fingerprint density at radius 1 is 0.523 bits per heavy atom. The highest BCUT2D eigenvalue weighted by atomic mass is 35.5. The number of anilines is 4. The van der Waals surface area contributed by atoms with Crippen molar-refractivity contribution in [3.63, 3.8) is 0 Å². The largest absolute Gasteiger partial charge is 0.340 e. The molecule has 4 heterocycles. The summed E-state index contributed by atoms with van der Waals surface area (Å²) in [6.07, 6.45) is 12.8. The van der Waals surface area contributed by atoms with Crippen molar-refractivity contribution in [1.29, 1.82) is 0 Å². The van der Waals surface area contributed by atoms with Gasteiger partial charge in [-0.05, 0) is 144 Å². The Hall–Kier alpha value is -3.12. The second-order valence-corrected chi connectivity index (χ2v) is 21.6. The van der Waals surface area contributed by atoms with E-state index in [0.29, 0.717) is 6.04 Å². The molecular formula is C55H65ClN4S5. The molecule has 6 aromatic rings. The summed E-state index contributed by atoms with van der Waals surface area (Å²) in [5.74, 6) is 1.84. The lowest BCUT2D eigenvalue weighted by Crippen LogP contribution is -2.38. The molecule has 4 aliphatic heterocycles. The highest BCUT2D eigenvalue weighted by molar-refractivity contribution is 8.00. The molecule has 6 aromatic carbocycles. The topological polar surface area (TPSA) is 13.0 Å². The number of piperidine rings is 2. The van der Waals surface area contributed by atoms with Gasteiger partial charge >= 0.3 is 0 Å². The van der Waals surface area contributed by atoms with Crippen LogP contribution >= 0.6 is 72.1 Å². The Kier molecular flexibility index (Phi) is 19.4. The first-order valence-electron chi connectivity index (χ1n) is 23.1. The van der Waals surface area contributed by atoms with Crippen LogP contribution in [0.4, 0.5) is 22.7 Å². The van der Waals surface area contributed by atoms with E-state index in [2.05, 4.69) is 180 Å². The number of halogens is 1. The highest BCUT2D eigenvalue weighted by Crippen LogP contribution is 2.50. The van der Waals surface area contributed by atoms with E-state index in [9.17, 15) is 0 Å². The quantitative estimate of drug-likeness (QED) is 0.101. The van der Waals surface area contributed by atoms with Gasteiger partial charge in [0.2, 0.25) is 0 Å². The Balaban J connectivity index is 0.000000166. The molecule has 4 aliphatic rings. The van der Waals surface area contributed by atoms with E-state index >= 15 is 0 Å². The molecule has 2 atom stereocenters. The predicted molar refractivity (Wildman–Crippen MR) is 292 cm³/mol. The number of likely N-dealkylation sites (tertiary alicyclic amines) is 2. The van der Waals surface area contributed by atoms with Crippen LogP contribution in [0.5, 0.6) is 0 Å². The third kappa shape index (κ3) is 13.3. The lowest BCUT2D eigenvalue weighted by atomic mass is 9.99. The van der Waals surface area contributed by atoms with Crippen LogP contribution in [0.15, 0.2) is 175 Å². The van der Waals surface area contributed by atoms with Gasteiger partial charge in [0, 0.05) is 66.1 Å². The van der Waals surface area contributed by atoms with Crippen molar-refractivity contribution >= 4 is 94.8 Å². The van der Waals surface area contributed by atoms with Crippen molar-refractivity contribution in [1.82, 2.24) is 9.80 Å². The Bertz CT molecular complexity index is 2390. The average Bonchev–Trinajstić information content (AvgIpc) is 3.35. The average molecular weight is 978 g/mol. The molecule has 0 radical (unpaired) electrons. The smallest absolute Gasteiger partial charge is 0.0564 e. The van der Waals surface area contributed by atoms with Crippen LogP contribution in [0.2, 0.25) is 0 Å². The Morgan fingerprint density at radius 3 is 1.45 bits per heavy atom. The number of benzene rings is 6. The molecule has 0 aromatic heterocycles. The fourth-order valence-corrected chi connectivity index (χ4v) is 12.9. The minimum Gasteiger partial charge on any atom is -0.340 e. The van der Waals surface area contributed by atoms with E-state index in [1.54, 1.807) is 0 Å². The summed E-state index contributed by atoms with van der Waals surface area (Å²) in [6, 6.07) is 54.1. The third-order valence-corrected chi connectivity index (χ3v) is 17.3. The lowest BCUT2D eigenvalue weighted by Gasteiger charge is -2.37. The Labute approximate surface area is 418 Å². The summed E-state index contributed by atoms with van der Waals surface area (Å²) >= 11 is 11.7. The maximum atomic E-state index is 4.11. The van der Waals surface area contributed by atoms with Crippen molar-refractivity contribution in [3.8, 4) is 0 Å². The van der Waals surface area contributed by atoms with Crippen molar-refractivity contribution in [3.05, 3.63) is 157 Å². The molecule has 0 amide bonds. The molecule has 2 saturated heterocycles. The summed E-state index contributed by atoms with van der Waals surface area (Å²) in [7, 11) is 4.60. The monoisotopic (exact) mass is 976 g/mol. The van der Waals surface area contributed by atoms with Crippen LogP contribution in [0.3, 0.4) is 0 Å². The van der Waals surface area contributed by atoms with Crippen LogP contribution in [0.25, 0.3) is 0 Å². The number of rotatable bonds is 11. The van der Waals surface area contributed by atoms with Gasteiger partial charge in [0.25, 0.3) is 0 Å². The van der Waals surface area contributed by atoms with Gasteiger partial charge in [-0.2, -0.15) is 12.6 Å². The standard InChI is InChI=1S/C27H30N2S2.C21H26N2S2.C7H8S.ClH/c1-28-17-8-7-11-22(28)16-18-29-24-12-5-6-13-26(24)31-27-15-14-23(19-25(27)29)30-20-21-9-3-2-4-10-21;1-22-13-6-5-7-16(22)12-14-23-18-8-3-4-9-20(18)25-21-11-10-17(24-2)15-19(21)23;8-6-7-4-2-1-3-5-7;/h2-6,9-10,12-15,19,22H,7-8,11,16-18,20H2,1H3;3-4,8-11,15-16H,5-7,12-14H2,1-2H3;1-5,8H,6H2;1H. The fourth-order valence-electron chi connectivity index (χ4n) is 9.22. The van der Waals surface area contributed by atoms with Crippen molar-refractivity contribution in [2.45, 2.75) is 104 Å². The minimum absolute atomic E-state index is 0. The molecule has 2 unspecified atom stereocenters. The molecule has 342 valence electrons. The molecule has 2 fully saturated rings. The number of para-hydroxylation sites is 2. The first-order chi connectivity index (χ1) is 31.5. The first-order valence-corrected chi connectivity index (χ1v) is 27.6. The first kappa shape index (κ1) is 49.8. The van der Waals surface area contributed by atoms with Crippen molar-refractivity contribution < 1.29 is 0 Å². The zero-order valence-corrected chi connectivity index (χ0v) is 43.2. The van der Waals surface area contributed by atoms with E-state index in [0.717, 1.165) is 30.6 Å². The molecular weight excluding hydrogens is 912 g/mol. The van der Waals surface area contributed by atoms with Gasteiger partial charge in [-0.25, -0.2) is 0 Å². The molecule has 0 saturated carbocycles. The summed E-state index contributed by atoms with van der Waals surface area (Å²) in [5, 5.41) is 0. The summed E-state index contributed by atoms with van der Waals surface area (Å²) in [5.41, 5.74) is 8.15. The van der Waals surface area contributed by atoms with E-state index in [4.69, 9.17) is 0 Å². The number of hydrogen-bond acceptors (Lipinski definition) is 9. The number of nitrogens with zero attached hydrogens (tertiary/aromatic N) is 4. The summed E-state index contributed by atoms with van der Waals surface area (Å²) < 4.78 is 0. The molecule has 0 spiro atoms.